The lowest BCUT2D eigenvalue weighted by Gasteiger charge is -2.25. The molecule has 130 valence electrons. The van der Waals surface area contributed by atoms with Gasteiger partial charge in [-0.1, -0.05) is 57.7 Å². The third-order valence-electron chi connectivity index (χ3n) is 4.55. The molecule has 1 aliphatic carbocycles. The first-order chi connectivity index (χ1) is 11.0. The molecule has 0 aromatic carbocycles. The molecule has 0 bridgehead atoms. The maximum absolute atomic E-state index is 12.7. The second kappa shape index (κ2) is 8.76. The van der Waals surface area contributed by atoms with Gasteiger partial charge in [0.2, 0.25) is 5.91 Å². The topological polar surface area (TPSA) is 55.1 Å². The molecule has 1 amide bonds. The largest absolute Gasteiger partial charge is 0.437 e. The summed E-state index contributed by atoms with van der Waals surface area (Å²) in [6.45, 7) is 8.00. The number of thioether (sulfide) groups is 1. The van der Waals surface area contributed by atoms with Gasteiger partial charge in [0.05, 0.1) is 10.9 Å². The minimum Gasteiger partial charge on any atom is -0.437 e. The van der Waals surface area contributed by atoms with Gasteiger partial charge in [-0.3, -0.25) is 4.79 Å². The third kappa shape index (κ3) is 5.55. The summed E-state index contributed by atoms with van der Waals surface area (Å²) < 4.78 is 5.64. The highest BCUT2D eigenvalue weighted by atomic mass is 32.2. The Morgan fingerprint density at radius 3 is 2.30 bits per heavy atom. The van der Waals surface area contributed by atoms with Crippen LogP contribution in [0.5, 0.6) is 0 Å². The van der Waals surface area contributed by atoms with Crippen molar-refractivity contribution in [3.8, 4) is 0 Å². The Labute approximate surface area is 144 Å². The van der Waals surface area contributed by atoms with Crippen molar-refractivity contribution in [1.29, 1.82) is 0 Å². The number of amides is 1. The fourth-order valence-corrected chi connectivity index (χ4v) is 4.01. The standard InChI is InChI=1S/C18H30N2O2S/c1-12(2)16(23-18-19-13(3)14(4)22-18)17(21)20-15-10-8-6-5-7-9-11-15/h12,15-16H,5-11H2,1-4H3,(H,20,21)/t16-/m0/s1. The molecule has 0 saturated heterocycles. The Morgan fingerprint density at radius 1 is 1.17 bits per heavy atom. The van der Waals surface area contributed by atoms with Gasteiger partial charge in [0.15, 0.2) is 0 Å². The van der Waals surface area contributed by atoms with Crippen LogP contribution in [0.3, 0.4) is 0 Å². The molecule has 1 saturated carbocycles. The number of carbonyl (C=O) groups is 1. The highest BCUT2D eigenvalue weighted by molar-refractivity contribution is 8.00. The minimum atomic E-state index is -0.155. The van der Waals surface area contributed by atoms with Crippen molar-refractivity contribution >= 4 is 17.7 Å². The van der Waals surface area contributed by atoms with E-state index in [0.29, 0.717) is 11.3 Å². The van der Waals surface area contributed by atoms with E-state index >= 15 is 0 Å². The fourth-order valence-electron chi connectivity index (χ4n) is 2.98. The van der Waals surface area contributed by atoms with E-state index in [2.05, 4.69) is 24.1 Å². The SMILES string of the molecule is Cc1nc(S[C@H](C(=O)NC2CCCCCCC2)C(C)C)oc1C. The van der Waals surface area contributed by atoms with E-state index in [1.54, 1.807) is 0 Å². The second-order valence-corrected chi connectivity index (χ2v) is 8.05. The third-order valence-corrected chi connectivity index (χ3v) is 5.94. The normalized spacial score (nSPS) is 18.5. The Hall–Kier alpha value is -0.970. The van der Waals surface area contributed by atoms with E-state index in [1.165, 1.54) is 43.9 Å². The molecule has 0 radical (unpaired) electrons. The smallest absolute Gasteiger partial charge is 0.256 e. The molecule has 5 heteroatoms. The number of nitrogens with one attached hydrogen (secondary N) is 1. The van der Waals surface area contributed by atoms with E-state index in [9.17, 15) is 4.79 Å². The molecule has 0 spiro atoms. The van der Waals surface area contributed by atoms with Crippen molar-refractivity contribution < 1.29 is 9.21 Å². The molecule has 4 nitrogen and oxygen atoms in total. The summed E-state index contributed by atoms with van der Waals surface area (Å²) in [5.41, 5.74) is 0.899. The minimum absolute atomic E-state index is 0.129. The molecule has 1 heterocycles. The van der Waals surface area contributed by atoms with Gasteiger partial charge < -0.3 is 9.73 Å². The molecular formula is C18H30N2O2S. The van der Waals surface area contributed by atoms with Gasteiger partial charge in [-0.2, -0.15) is 0 Å². The number of oxazole rings is 1. The molecule has 1 aromatic heterocycles. The van der Waals surface area contributed by atoms with Crippen molar-refractivity contribution in [1.82, 2.24) is 10.3 Å². The zero-order valence-corrected chi connectivity index (χ0v) is 15.7. The van der Waals surface area contributed by atoms with Crippen LogP contribution in [0, 0.1) is 19.8 Å². The molecular weight excluding hydrogens is 308 g/mol. The van der Waals surface area contributed by atoms with E-state index in [4.69, 9.17) is 4.42 Å². The van der Waals surface area contributed by atoms with Crippen molar-refractivity contribution in [2.75, 3.05) is 0 Å². The molecule has 1 fully saturated rings. The van der Waals surface area contributed by atoms with Gasteiger partial charge in [0.25, 0.3) is 5.22 Å². The van der Waals surface area contributed by atoms with E-state index in [1.807, 2.05) is 13.8 Å². The molecule has 2 rings (SSSR count). The first kappa shape index (κ1) is 18.4. The van der Waals surface area contributed by atoms with E-state index in [0.717, 1.165) is 24.3 Å². The molecule has 0 unspecified atom stereocenters. The lowest BCUT2D eigenvalue weighted by Crippen LogP contribution is -2.42. The van der Waals surface area contributed by atoms with Gasteiger partial charge in [0.1, 0.15) is 5.76 Å². The van der Waals surface area contributed by atoms with Crippen molar-refractivity contribution in [2.24, 2.45) is 5.92 Å². The van der Waals surface area contributed by atoms with Crippen LogP contribution >= 0.6 is 11.8 Å². The fraction of sp³-hybridized carbons (Fsp3) is 0.778. The van der Waals surface area contributed by atoms with Crippen LogP contribution in [0.4, 0.5) is 0 Å². The maximum Gasteiger partial charge on any atom is 0.256 e. The van der Waals surface area contributed by atoms with Crippen molar-refractivity contribution in [3.05, 3.63) is 11.5 Å². The molecule has 1 atom stereocenters. The number of aryl methyl sites for hydroxylation is 2. The molecule has 0 aliphatic heterocycles. The van der Waals surface area contributed by atoms with Crippen LogP contribution in [-0.2, 0) is 4.79 Å². The monoisotopic (exact) mass is 338 g/mol. The van der Waals surface area contributed by atoms with Gasteiger partial charge in [0, 0.05) is 6.04 Å². The molecule has 1 aliphatic rings. The highest BCUT2D eigenvalue weighted by Gasteiger charge is 2.27. The summed E-state index contributed by atoms with van der Waals surface area (Å²) in [5.74, 6) is 1.19. The Kier molecular flexibility index (Phi) is 7.00. The van der Waals surface area contributed by atoms with E-state index < -0.39 is 0 Å². The summed E-state index contributed by atoms with van der Waals surface area (Å²) >= 11 is 1.45. The predicted molar refractivity (Wildman–Crippen MR) is 94.7 cm³/mol. The van der Waals surface area contributed by atoms with Crippen molar-refractivity contribution in [3.63, 3.8) is 0 Å². The van der Waals surface area contributed by atoms with Crippen LogP contribution in [0.15, 0.2) is 9.64 Å². The first-order valence-electron chi connectivity index (χ1n) is 8.88. The number of nitrogens with zero attached hydrogens (tertiary/aromatic N) is 1. The van der Waals surface area contributed by atoms with Gasteiger partial charge in [-0.05, 0) is 32.6 Å². The van der Waals surface area contributed by atoms with Gasteiger partial charge in [-0.15, -0.1) is 0 Å². The lowest BCUT2D eigenvalue weighted by molar-refractivity contribution is -0.122. The number of carbonyl (C=O) groups excluding carboxylic acids is 1. The summed E-state index contributed by atoms with van der Waals surface area (Å²) in [7, 11) is 0. The average Bonchev–Trinajstić information content (AvgIpc) is 2.77. The number of rotatable bonds is 5. The molecule has 23 heavy (non-hydrogen) atoms. The van der Waals surface area contributed by atoms with Gasteiger partial charge in [-0.25, -0.2) is 4.98 Å². The van der Waals surface area contributed by atoms with Crippen LogP contribution in [0.25, 0.3) is 0 Å². The Balaban J connectivity index is 1.97. The maximum atomic E-state index is 12.7. The number of hydrogen-bond acceptors (Lipinski definition) is 4. The van der Waals surface area contributed by atoms with Crippen LogP contribution < -0.4 is 5.32 Å². The number of hydrogen-bond donors (Lipinski definition) is 1. The van der Waals surface area contributed by atoms with Crippen molar-refractivity contribution in [2.45, 2.75) is 89.2 Å². The lowest BCUT2D eigenvalue weighted by atomic mass is 9.96. The highest BCUT2D eigenvalue weighted by Crippen LogP contribution is 2.29. The Morgan fingerprint density at radius 2 is 1.78 bits per heavy atom. The van der Waals surface area contributed by atoms with Crippen LogP contribution in [0.1, 0.15) is 70.2 Å². The number of aromatic nitrogens is 1. The predicted octanol–water partition coefficient (Wildman–Crippen LogP) is 4.64. The quantitative estimate of drug-likeness (QED) is 0.795. The zero-order chi connectivity index (χ0) is 16.8. The summed E-state index contributed by atoms with van der Waals surface area (Å²) in [4.78, 5) is 17.2. The Bertz CT molecular complexity index is 486. The second-order valence-electron chi connectivity index (χ2n) is 6.95. The first-order valence-corrected chi connectivity index (χ1v) is 9.76. The van der Waals surface area contributed by atoms with E-state index in [-0.39, 0.29) is 17.1 Å². The van der Waals surface area contributed by atoms with Crippen LogP contribution in [-0.4, -0.2) is 22.2 Å². The summed E-state index contributed by atoms with van der Waals surface area (Å²) in [6, 6.07) is 0.331. The van der Waals surface area contributed by atoms with Gasteiger partial charge >= 0.3 is 0 Å². The summed E-state index contributed by atoms with van der Waals surface area (Å²) in [6.07, 6.45) is 8.60. The van der Waals surface area contributed by atoms with Crippen LogP contribution in [0.2, 0.25) is 0 Å². The zero-order valence-electron chi connectivity index (χ0n) is 14.9. The summed E-state index contributed by atoms with van der Waals surface area (Å²) in [5, 5.41) is 3.73. The average molecular weight is 339 g/mol. The molecule has 1 aromatic rings. The molecule has 1 N–H and O–H groups in total.